The van der Waals surface area contributed by atoms with Crippen molar-refractivity contribution >= 4 is 27.3 Å². The van der Waals surface area contributed by atoms with Crippen molar-refractivity contribution in [2.24, 2.45) is 0 Å². The molecule has 0 aromatic carbocycles. The molecule has 1 saturated heterocycles. The third-order valence-corrected chi connectivity index (χ3v) is 6.59. The van der Waals surface area contributed by atoms with Gasteiger partial charge in [0.1, 0.15) is 9.77 Å². The van der Waals surface area contributed by atoms with Crippen LogP contribution in [0.3, 0.4) is 0 Å². The van der Waals surface area contributed by atoms with E-state index in [1.807, 2.05) is 14.0 Å². The summed E-state index contributed by atoms with van der Waals surface area (Å²) in [5, 5.41) is 10.6. The average molecular weight is 318 g/mol. The highest BCUT2D eigenvalue weighted by atomic mass is 32.2. The Kier molecular flexibility index (Phi) is 4.48. The molecule has 0 aliphatic carbocycles. The van der Waals surface area contributed by atoms with Crippen LogP contribution in [0.5, 0.6) is 0 Å². The molecule has 20 heavy (non-hydrogen) atoms. The highest BCUT2D eigenvalue weighted by Crippen LogP contribution is 2.27. The van der Waals surface area contributed by atoms with Gasteiger partial charge in [0.2, 0.25) is 10.0 Å². The third-order valence-electron chi connectivity index (χ3n) is 3.65. The van der Waals surface area contributed by atoms with Gasteiger partial charge in [-0.15, -0.1) is 11.3 Å². The normalized spacial score (nSPS) is 22.0. The molecule has 2 heterocycles. The fraction of sp³-hybridized carbons (Fsp3) is 0.583. The number of sulfonamides is 1. The maximum atomic E-state index is 12.6. The van der Waals surface area contributed by atoms with E-state index >= 15 is 0 Å². The Balaban J connectivity index is 2.31. The molecule has 2 rings (SSSR count). The van der Waals surface area contributed by atoms with E-state index in [9.17, 15) is 13.2 Å². The summed E-state index contributed by atoms with van der Waals surface area (Å²) >= 11 is 0.940. The number of rotatable bonds is 4. The molecule has 1 aliphatic rings. The van der Waals surface area contributed by atoms with E-state index in [0.717, 1.165) is 17.8 Å². The average Bonchev–Trinajstić information content (AvgIpc) is 2.89. The lowest BCUT2D eigenvalue weighted by Gasteiger charge is -2.38. The zero-order valence-corrected chi connectivity index (χ0v) is 13.1. The lowest BCUT2D eigenvalue weighted by molar-refractivity contribution is 0.0698. The number of nitrogens with zero attached hydrogens (tertiary/aromatic N) is 2. The Morgan fingerprint density at radius 3 is 2.80 bits per heavy atom. The van der Waals surface area contributed by atoms with Crippen LogP contribution in [0.4, 0.5) is 0 Å². The molecular weight excluding hydrogens is 300 g/mol. The minimum Gasteiger partial charge on any atom is -0.477 e. The van der Waals surface area contributed by atoms with Crippen LogP contribution in [0.15, 0.2) is 16.3 Å². The molecule has 1 fully saturated rings. The van der Waals surface area contributed by atoms with Crippen molar-refractivity contribution < 1.29 is 18.3 Å². The maximum absolute atomic E-state index is 12.6. The minimum absolute atomic E-state index is 0.0885. The zero-order chi connectivity index (χ0) is 14.9. The molecule has 1 atom stereocenters. The van der Waals surface area contributed by atoms with Gasteiger partial charge in [-0.05, 0) is 24.9 Å². The second-order valence-corrected chi connectivity index (χ2v) is 7.65. The van der Waals surface area contributed by atoms with Gasteiger partial charge in [0.05, 0.1) is 0 Å². The topological polar surface area (TPSA) is 77.9 Å². The van der Waals surface area contributed by atoms with Crippen LogP contribution < -0.4 is 0 Å². The fourth-order valence-corrected chi connectivity index (χ4v) is 5.07. The Labute approximate surface area is 122 Å². The SMILES string of the molecule is CCC1CN(S(=O)(=O)c2ccsc2C(=O)O)CCN1C. The van der Waals surface area contributed by atoms with E-state index in [4.69, 9.17) is 5.11 Å². The summed E-state index contributed by atoms with van der Waals surface area (Å²) in [6, 6.07) is 1.55. The van der Waals surface area contributed by atoms with E-state index in [1.165, 1.54) is 15.8 Å². The smallest absolute Gasteiger partial charge is 0.347 e. The molecule has 0 saturated carbocycles. The number of thiophene rings is 1. The second-order valence-electron chi connectivity index (χ2n) is 4.82. The van der Waals surface area contributed by atoms with E-state index in [0.29, 0.717) is 19.6 Å². The number of aromatic carboxylic acids is 1. The summed E-state index contributed by atoms with van der Waals surface area (Å²) < 4.78 is 26.6. The van der Waals surface area contributed by atoms with E-state index in [-0.39, 0.29) is 15.8 Å². The summed E-state index contributed by atoms with van der Waals surface area (Å²) in [5.74, 6) is -1.19. The van der Waals surface area contributed by atoms with Gasteiger partial charge >= 0.3 is 5.97 Å². The molecule has 1 aromatic rings. The molecule has 1 N–H and O–H groups in total. The van der Waals surface area contributed by atoms with Gasteiger partial charge in [0.15, 0.2) is 0 Å². The van der Waals surface area contributed by atoms with Gasteiger partial charge < -0.3 is 10.0 Å². The Morgan fingerprint density at radius 1 is 1.50 bits per heavy atom. The molecule has 0 radical (unpaired) electrons. The summed E-state index contributed by atoms with van der Waals surface area (Å²) in [4.78, 5) is 13.0. The first-order valence-corrected chi connectivity index (χ1v) is 8.71. The standard InChI is InChI=1S/C12H18N2O4S2/c1-3-9-8-14(6-5-13(9)2)20(17,18)10-4-7-19-11(10)12(15)16/h4,7,9H,3,5-6,8H2,1-2H3,(H,15,16). The van der Waals surface area contributed by atoms with Gasteiger partial charge in [0, 0.05) is 25.7 Å². The lowest BCUT2D eigenvalue weighted by Crippen LogP contribution is -2.52. The number of hydrogen-bond donors (Lipinski definition) is 1. The van der Waals surface area contributed by atoms with Gasteiger partial charge in [-0.1, -0.05) is 6.92 Å². The van der Waals surface area contributed by atoms with Gasteiger partial charge in [-0.2, -0.15) is 4.31 Å². The number of likely N-dealkylation sites (N-methyl/N-ethyl adjacent to an activating group) is 1. The lowest BCUT2D eigenvalue weighted by atomic mass is 10.1. The van der Waals surface area contributed by atoms with Crippen molar-refractivity contribution in [1.82, 2.24) is 9.21 Å². The van der Waals surface area contributed by atoms with E-state index in [1.54, 1.807) is 0 Å². The van der Waals surface area contributed by atoms with Crippen molar-refractivity contribution in [3.63, 3.8) is 0 Å². The van der Waals surface area contributed by atoms with Crippen molar-refractivity contribution in [1.29, 1.82) is 0 Å². The summed E-state index contributed by atoms with van der Waals surface area (Å²) in [5.41, 5.74) is 0. The quantitative estimate of drug-likeness (QED) is 0.901. The highest BCUT2D eigenvalue weighted by molar-refractivity contribution is 7.89. The number of hydrogen-bond acceptors (Lipinski definition) is 5. The molecule has 6 nitrogen and oxygen atoms in total. The third kappa shape index (κ3) is 2.73. The van der Waals surface area contributed by atoms with Crippen LogP contribution in [-0.2, 0) is 10.0 Å². The second kappa shape index (κ2) is 5.80. The Morgan fingerprint density at radius 2 is 2.20 bits per heavy atom. The van der Waals surface area contributed by atoms with E-state index in [2.05, 4.69) is 4.90 Å². The molecule has 1 unspecified atom stereocenters. The van der Waals surface area contributed by atoms with Crippen LogP contribution in [0.25, 0.3) is 0 Å². The number of carboxylic acids is 1. The molecule has 1 aromatic heterocycles. The maximum Gasteiger partial charge on any atom is 0.347 e. The minimum atomic E-state index is -3.72. The number of carboxylic acid groups (broad SMARTS) is 1. The van der Waals surface area contributed by atoms with Crippen LogP contribution in [0.2, 0.25) is 0 Å². The van der Waals surface area contributed by atoms with Crippen LogP contribution in [0, 0.1) is 0 Å². The Hall–Kier alpha value is -0.960. The fourth-order valence-electron chi connectivity index (χ4n) is 2.37. The zero-order valence-electron chi connectivity index (χ0n) is 11.4. The number of piperazine rings is 1. The van der Waals surface area contributed by atoms with Gasteiger partial charge in [-0.25, -0.2) is 13.2 Å². The van der Waals surface area contributed by atoms with Crippen LogP contribution >= 0.6 is 11.3 Å². The summed E-state index contributed by atoms with van der Waals surface area (Å²) in [7, 11) is -1.75. The first-order valence-electron chi connectivity index (χ1n) is 6.39. The van der Waals surface area contributed by atoms with Crippen molar-refractivity contribution in [2.45, 2.75) is 24.3 Å². The van der Waals surface area contributed by atoms with Gasteiger partial charge in [0.25, 0.3) is 0 Å². The summed E-state index contributed by atoms with van der Waals surface area (Å²) in [6.45, 7) is 3.48. The predicted molar refractivity (Wildman–Crippen MR) is 76.7 cm³/mol. The van der Waals surface area contributed by atoms with Gasteiger partial charge in [-0.3, -0.25) is 0 Å². The molecule has 8 heteroatoms. The molecule has 0 amide bonds. The van der Waals surface area contributed by atoms with Crippen molar-refractivity contribution in [2.75, 3.05) is 26.7 Å². The van der Waals surface area contributed by atoms with Crippen LogP contribution in [-0.4, -0.2) is 61.4 Å². The van der Waals surface area contributed by atoms with Crippen molar-refractivity contribution in [3.05, 3.63) is 16.3 Å². The molecule has 112 valence electrons. The first-order chi connectivity index (χ1) is 9.37. The predicted octanol–water partition coefficient (Wildman–Crippen LogP) is 1.16. The molecule has 1 aliphatic heterocycles. The molecule has 0 bridgehead atoms. The Bertz CT molecular complexity index is 596. The first kappa shape index (κ1) is 15.4. The molecular formula is C12H18N2O4S2. The monoisotopic (exact) mass is 318 g/mol. The number of carbonyl (C=O) groups is 1. The highest BCUT2D eigenvalue weighted by Gasteiger charge is 2.34. The molecule has 0 spiro atoms. The largest absolute Gasteiger partial charge is 0.477 e. The van der Waals surface area contributed by atoms with Crippen molar-refractivity contribution in [3.8, 4) is 0 Å². The van der Waals surface area contributed by atoms with Crippen LogP contribution in [0.1, 0.15) is 23.0 Å². The van der Waals surface area contributed by atoms with E-state index < -0.39 is 16.0 Å². The summed E-state index contributed by atoms with van der Waals surface area (Å²) in [6.07, 6.45) is 0.859.